The fourth-order valence-electron chi connectivity index (χ4n) is 0.494. The number of nitrogens with one attached hydrogen (secondary N) is 1. The molecule has 0 saturated heterocycles. The van der Waals surface area contributed by atoms with Crippen molar-refractivity contribution in [3.05, 3.63) is 41.1 Å². The first-order chi connectivity index (χ1) is 6.11. The first-order valence-corrected chi connectivity index (χ1v) is 3.16. The Balaban J connectivity index is 0. The molecule has 0 aliphatic carbocycles. The zero-order valence-electron chi connectivity index (χ0n) is 7.14. The molecule has 1 N–H and O–H groups in total. The topological polar surface area (TPSA) is 79.8 Å². The minimum absolute atomic E-state index is 0. The van der Waals surface area contributed by atoms with Gasteiger partial charge in [-0.1, -0.05) is 11.9 Å². The molecule has 0 fully saturated rings. The molecule has 0 bridgehead atoms. The molecule has 1 aromatic rings. The van der Waals surface area contributed by atoms with Crippen molar-refractivity contribution >= 4 is 11.5 Å². The van der Waals surface area contributed by atoms with E-state index >= 15 is 0 Å². The van der Waals surface area contributed by atoms with Gasteiger partial charge in [0.15, 0.2) is 0 Å². The van der Waals surface area contributed by atoms with Gasteiger partial charge in [0.2, 0.25) is 0 Å². The Kier molecular flexibility index (Phi) is 8.64. The van der Waals surface area contributed by atoms with Gasteiger partial charge in [-0.15, -0.1) is 0 Å². The smallest absolute Gasteiger partial charge is 0.482 e. The number of nitro groups is 1. The second-order valence-corrected chi connectivity index (χ2v) is 1.86. The van der Waals surface area contributed by atoms with Gasteiger partial charge in [0, 0.05) is 12.3 Å². The number of nitrogens with zero attached hydrogens (tertiary/aromatic N) is 2. The quantitative estimate of drug-likeness (QED) is 0.333. The minimum atomic E-state index is -0.549. The molecular formula is C8H7N3O2W. The van der Waals surface area contributed by atoms with E-state index in [1.54, 1.807) is 0 Å². The van der Waals surface area contributed by atoms with E-state index in [9.17, 15) is 10.1 Å². The molecule has 0 unspecified atom stereocenters. The average molecular weight is 361 g/mol. The Morgan fingerprint density at radius 3 is 2.43 bits per heavy atom. The molecular weight excluding hydrogens is 354 g/mol. The molecule has 14 heavy (non-hydrogen) atoms. The predicted molar refractivity (Wildman–Crippen MR) is 49.1 cm³/mol. The zero-order chi connectivity index (χ0) is 10.3. The molecule has 0 aliphatic rings. The van der Waals surface area contributed by atoms with Gasteiger partial charge >= 0.3 is 21.1 Å². The Morgan fingerprint density at radius 1 is 1.64 bits per heavy atom. The SMILES string of the molecule is C#C[CH2-].[NH-]c1ccc([N+](=O)[O-])cn1.[W+2]. The van der Waals surface area contributed by atoms with Crippen molar-refractivity contribution in [1.82, 2.24) is 4.98 Å². The van der Waals surface area contributed by atoms with Crippen molar-refractivity contribution in [2.24, 2.45) is 0 Å². The number of hydrogen-bond acceptors (Lipinski definition) is 3. The largest absolute Gasteiger partial charge is 2.00 e. The van der Waals surface area contributed by atoms with E-state index in [4.69, 9.17) is 5.73 Å². The maximum atomic E-state index is 10.0. The predicted octanol–water partition coefficient (Wildman–Crippen LogP) is 2.12. The van der Waals surface area contributed by atoms with Crippen LogP contribution in [0.4, 0.5) is 11.5 Å². The molecule has 0 aliphatic heterocycles. The van der Waals surface area contributed by atoms with Crippen LogP contribution in [0.5, 0.6) is 0 Å². The van der Waals surface area contributed by atoms with E-state index in [1.807, 2.05) is 5.92 Å². The molecule has 0 radical (unpaired) electrons. The van der Waals surface area contributed by atoms with Crippen molar-refractivity contribution in [1.29, 1.82) is 0 Å². The summed E-state index contributed by atoms with van der Waals surface area (Å²) in [6.07, 6.45) is 5.54. The Labute approximate surface area is 96.1 Å². The molecule has 0 atom stereocenters. The summed E-state index contributed by atoms with van der Waals surface area (Å²) in [5.74, 6) is 2.03. The van der Waals surface area contributed by atoms with Gasteiger partial charge in [0.05, 0.1) is 4.92 Å². The van der Waals surface area contributed by atoms with Crippen molar-refractivity contribution in [3.8, 4) is 12.3 Å². The van der Waals surface area contributed by atoms with Gasteiger partial charge in [-0.3, -0.25) is 10.1 Å². The second-order valence-electron chi connectivity index (χ2n) is 1.86. The summed E-state index contributed by atoms with van der Waals surface area (Å²) in [4.78, 5) is 12.9. The molecule has 0 aromatic carbocycles. The van der Waals surface area contributed by atoms with Crippen molar-refractivity contribution < 1.29 is 26.0 Å². The van der Waals surface area contributed by atoms with Crippen molar-refractivity contribution in [3.63, 3.8) is 0 Å². The van der Waals surface area contributed by atoms with Crippen LogP contribution in [0.25, 0.3) is 5.73 Å². The third-order valence-corrected chi connectivity index (χ3v) is 0.959. The summed E-state index contributed by atoms with van der Waals surface area (Å²) in [5.41, 5.74) is 6.81. The first-order valence-electron chi connectivity index (χ1n) is 3.16. The van der Waals surface area contributed by atoms with Crippen LogP contribution in [-0.4, -0.2) is 9.91 Å². The summed E-state index contributed by atoms with van der Waals surface area (Å²) in [7, 11) is 0. The second kappa shape index (κ2) is 8.08. The number of pyridine rings is 1. The van der Waals surface area contributed by atoms with E-state index in [2.05, 4.69) is 18.3 Å². The van der Waals surface area contributed by atoms with Crippen LogP contribution in [-0.2, 0) is 21.1 Å². The number of terminal acetylenes is 1. The molecule has 1 aromatic heterocycles. The summed E-state index contributed by atoms with van der Waals surface area (Å²) < 4.78 is 0. The Bertz CT molecular complexity index is 318. The van der Waals surface area contributed by atoms with Crippen molar-refractivity contribution in [2.75, 3.05) is 0 Å². The van der Waals surface area contributed by atoms with Crippen LogP contribution in [0.15, 0.2) is 18.3 Å². The van der Waals surface area contributed by atoms with E-state index in [0.29, 0.717) is 0 Å². The van der Waals surface area contributed by atoms with Crippen LogP contribution in [0, 0.1) is 29.4 Å². The van der Waals surface area contributed by atoms with Gasteiger partial charge in [-0.25, -0.2) is 0 Å². The molecule has 0 amide bonds. The third kappa shape index (κ3) is 6.04. The van der Waals surface area contributed by atoms with Gasteiger partial charge in [0.25, 0.3) is 5.69 Å². The van der Waals surface area contributed by atoms with Crippen LogP contribution < -0.4 is 0 Å². The summed E-state index contributed by atoms with van der Waals surface area (Å²) in [5, 5.41) is 10.0. The zero-order valence-corrected chi connectivity index (χ0v) is 10.1. The molecule has 5 nitrogen and oxygen atoms in total. The molecule has 1 rings (SSSR count). The number of aromatic nitrogens is 1. The number of hydrogen-bond donors (Lipinski definition) is 0. The fraction of sp³-hybridized carbons (Fsp3) is 0. The summed E-state index contributed by atoms with van der Waals surface area (Å²) in [6.45, 7) is 3.01. The Hall–Kier alpha value is -1.53. The van der Waals surface area contributed by atoms with Crippen LogP contribution in [0.1, 0.15) is 0 Å². The van der Waals surface area contributed by atoms with E-state index < -0.39 is 4.92 Å². The van der Waals surface area contributed by atoms with E-state index in [1.165, 1.54) is 12.1 Å². The van der Waals surface area contributed by atoms with E-state index in [-0.39, 0.29) is 32.6 Å². The van der Waals surface area contributed by atoms with Gasteiger partial charge in [0.1, 0.15) is 0 Å². The van der Waals surface area contributed by atoms with Gasteiger partial charge < -0.3 is 23.1 Å². The molecule has 72 valence electrons. The van der Waals surface area contributed by atoms with Crippen molar-refractivity contribution in [2.45, 2.75) is 0 Å². The van der Waals surface area contributed by atoms with Crippen LogP contribution in [0.2, 0.25) is 0 Å². The molecule has 0 spiro atoms. The van der Waals surface area contributed by atoms with E-state index in [0.717, 1.165) is 6.20 Å². The standard InChI is InChI=1S/C5H4N3O2.C3H3.W/c6-5-2-1-4(3-7-5)8(9)10;1-3-2;/h1-3H,(H-,6,7);1H,2H2;/q2*-1;+2. The monoisotopic (exact) mass is 361 g/mol. The summed E-state index contributed by atoms with van der Waals surface area (Å²) >= 11 is 0. The summed E-state index contributed by atoms with van der Waals surface area (Å²) in [6, 6.07) is 2.52. The van der Waals surface area contributed by atoms with Gasteiger partial charge in [-0.2, -0.15) is 6.92 Å². The van der Waals surface area contributed by atoms with Gasteiger partial charge in [-0.05, 0) is 0 Å². The molecule has 6 heteroatoms. The number of rotatable bonds is 1. The normalized spacial score (nSPS) is 7.07. The average Bonchev–Trinajstić information content (AvgIpc) is 2.06. The fourth-order valence-corrected chi connectivity index (χ4v) is 0.494. The molecule has 1 heterocycles. The van der Waals surface area contributed by atoms with Crippen LogP contribution in [0.3, 0.4) is 0 Å². The minimum Gasteiger partial charge on any atom is -0.482 e. The maximum Gasteiger partial charge on any atom is 2.00 e. The Morgan fingerprint density at radius 2 is 2.14 bits per heavy atom. The molecule has 0 saturated carbocycles. The van der Waals surface area contributed by atoms with Crippen LogP contribution >= 0.6 is 0 Å². The third-order valence-electron chi connectivity index (χ3n) is 0.959. The first kappa shape index (κ1) is 15.0. The maximum absolute atomic E-state index is 10.0.